The summed E-state index contributed by atoms with van der Waals surface area (Å²) >= 11 is 0. The van der Waals surface area contributed by atoms with Crippen molar-refractivity contribution >= 4 is 22.8 Å². The molecule has 0 saturated heterocycles. The van der Waals surface area contributed by atoms with Gasteiger partial charge in [0.1, 0.15) is 17.1 Å². The van der Waals surface area contributed by atoms with Crippen molar-refractivity contribution in [3.63, 3.8) is 0 Å². The van der Waals surface area contributed by atoms with E-state index in [4.69, 9.17) is 13.9 Å². The minimum absolute atomic E-state index is 0.00245. The summed E-state index contributed by atoms with van der Waals surface area (Å²) in [7, 11) is 1.52. The molecule has 0 bridgehead atoms. The van der Waals surface area contributed by atoms with Crippen LogP contribution in [0.2, 0.25) is 0 Å². The molecule has 0 spiro atoms. The molecule has 7 nitrogen and oxygen atoms in total. The van der Waals surface area contributed by atoms with E-state index in [1.165, 1.54) is 13.2 Å². The first-order chi connectivity index (χ1) is 14.2. The molecule has 2 N–H and O–H groups in total. The Morgan fingerprint density at radius 2 is 1.83 bits per heavy atom. The molecule has 158 valence electrons. The van der Waals surface area contributed by atoms with Crippen LogP contribution in [0.25, 0.3) is 11.0 Å². The van der Waals surface area contributed by atoms with Gasteiger partial charge >= 0.3 is 12.1 Å². The minimum Gasteiger partial charge on any atom is -0.497 e. The molecule has 0 atom stereocenters. The topological polar surface area (TPSA) is 89.8 Å². The Kier molecular flexibility index (Phi) is 5.86. The molecular formula is C20H17F3N2O5. The van der Waals surface area contributed by atoms with Gasteiger partial charge in [0.05, 0.1) is 12.7 Å². The van der Waals surface area contributed by atoms with E-state index in [1.54, 1.807) is 25.1 Å². The quantitative estimate of drug-likeness (QED) is 0.614. The van der Waals surface area contributed by atoms with Crippen LogP contribution in [0.4, 0.5) is 13.2 Å². The zero-order valence-electron chi connectivity index (χ0n) is 15.9. The standard InChI is InChI=1S/C20H17F3N2O5/c1-11-15-9-13(28-2)6-7-16(15)30-18(11)19(27)25-24-17(26)10-29-14-5-3-4-12(8-14)20(21,22)23/h3-9H,10H2,1-2H3,(H,24,26)(H,25,27). The van der Waals surface area contributed by atoms with E-state index in [1.807, 2.05) is 0 Å². The molecule has 30 heavy (non-hydrogen) atoms. The van der Waals surface area contributed by atoms with E-state index in [2.05, 4.69) is 10.9 Å². The van der Waals surface area contributed by atoms with Crippen LogP contribution in [0.5, 0.6) is 11.5 Å². The Hall–Kier alpha value is -3.69. The van der Waals surface area contributed by atoms with Crippen LogP contribution < -0.4 is 20.3 Å². The lowest BCUT2D eigenvalue weighted by Crippen LogP contribution is -2.43. The predicted molar refractivity (Wildman–Crippen MR) is 100 cm³/mol. The summed E-state index contributed by atoms with van der Waals surface area (Å²) in [5.41, 5.74) is 4.42. The number of alkyl halides is 3. The van der Waals surface area contributed by atoms with E-state index < -0.39 is 30.2 Å². The van der Waals surface area contributed by atoms with Crippen LogP contribution in [-0.2, 0) is 11.0 Å². The third-order valence-corrected chi connectivity index (χ3v) is 4.20. The van der Waals surface area contributed by atoms with E-state index in [-0.39, 0.29) is 11.5 Å². The van der Waals surface area contributed by atoms with Crippen molar-refractivity contribution in [3.8, 4) is 11.5 Å². The lowest BCUT2D eigenvalue weighted by atomic mass is 10.1. The highest BCUT2D eigenvalue weighted by atomic mass is 19.4. The molecule has 1 aromatic heterocycles. The third kappa shape index (κ3) is 4.65. The lowest BCUT2D eigenvalue weighted by Gasteiger charge is -2.10. The maximum atomic E-state index is 12.7. The molecule has 3 aromatic rings. The van der Waals surface area contributed by atoms with Crippen molar-refractivity contribution < 1.29 is 36.7 Å². The number of aryl methyl sites for hydroxylation is 1. The van der Waals surface area contributed by atoms with Crippen LogP contribution >= 0.6 is 0 Å². The molecule has 0 unspecified atom stereocenters. The van der Waals surface area contributed by atoms with E-state index >= 15 is 0 Å². The van der Waals surface area contributed by atoms with Crippen LogP contribution in [0.3, 0.4) is 0 Å². The van der Waals surface area contributed by atoms with Gasteiger partial charge in [-0.1, -0.05) is 6.07 Å². The van der Waals surface area contributed by atoms with E-state index in [0.717, 1.165) is 18.2 Å². The number of methoxy groups -OCH3 is 1. The summed E-state index contributed by atoms with van der Waals surface area (Å²) in [5, 5.41) is 0.679. The summed E-state index contributed by atoms with van der Waals surface area (Å²) < 4.78 is 53.8. The monoisotopic (exact) mass is 422 g/mol. The van der Waals surface area contributed by atoms with Gasteiger partial charge in [0, 0.05) is 10.9 Å². The number of hydrogen-bond acceptors (Lipinski definition) is 5. The van der Waals surface area contributed by atoms with Crippen LogP contribution in [0.15, 0.2) is 46.9 Å². The number of carbonyl (C=O) groups excluding carboxylic acids is 2. The minimum atomic E-state index is -4.52. The normalized spacial score (nSPS) is 11.2. The van der Waals surface area contributed by atoms with Gasteiger partial charge in [0.25, 0.3) is 5.91 Å². The molecule has 10 heteroatoms. The number of ether oxygens (including phenoxy) is 2. The molecule has 0 aliphatic rings. The van der Waals surface area contributed by atoms with Gasteiger partial charge in [-0.2, -0.15) is 13.2 Å². The van der Waals surface area contributed by atoms with Crippen molar-refractivity contribution in [1.82, 2.24) is 10.9 Å². The fraction of sp³-hybridized carbons (Fsp3) is 0.200. The van der Waals surface area contributed by atoms with Gasteiger partial charge in [-0.15, -0.1) is 0 Å². The van der Waals surface area contributed by atoms with Crippen LogP contribution in [0.1, 0.15) is 21.7 Å². The van der Waals surface area contributed by atoms with Gasteiger partial charge in [-0.3, -0.25) is 20.4 Å². The number of hydrazine groups is 1. The van der Waals surface area contributed by atoms with Crippen molar-refractivity contribution in [3.05, 3.63) is 59.4 Å². The molecule has 1 heterocycles. The summed E-state index contributed by atoms with van der Waals surface area (Å²) in [6, 6.07) is 9.16. The number of halogens is 3. The number of furan rings is 1. The zero-order chi connectivity index (χ0) is 21.9. The first kappa shape index (κ1) is 21.0. The van der Waals surface area contributed by atoms with Gasteiger partial charge in [-0.25, -0.2) is 0 Å². The number of rotatable bonds is 5. The Labute approximate surface area is 168 Å². The Morgan fingerprint density at radius 1 is 1.07 bits per heavy atom. The van der Waals surface area contributed by atoms with Gasteiger partial charge in [0.2, 0.25) is 0 Å². The van der Waals surface area contributed by atoms with Crippen LogP contribution in [-0.4, -0.2) is 25.5 Å². The van der Waals surface area contributed by atoms with Gasteiger partial charge < -0.3 is 13.9 Å². The Morgan fingerprint density at radius 3 is 2.53 bits per heavy atom. The first-order valence-corrected chi connectivity index (χ1v) is 8.65. The van der Waals surface area contributed by atoms with Gasteiger partial charge in [-0.05, 0) is 43.3 Å². The third-order valence-electron chi connectivity index (χ3n) is 4.20. The largest absolute Gasteiger partial charge is 0.497 e. The van der Waals surface area contributed by atoms with E-state index in [0.29, 0.717) is 22.3 Å². The molecule has 3 rings (SSSR count). The number of carbonyl (C=O) groups is 2. The Balaban J connectivity index is 1.58. The van der Waals surface area contributed by atoms with Crippen molar-refractivity contribution in [2.75, 3.05) is 13.7 Å². The molecular weight excluding hydrogens is 405 g/mol. The number of fused-ring (bicyclic) bond motifs is 1. The number of amides is 2. The summed E-state index contributed by atoms with van der Waals surface area (Å²) in [5.74, 6) is -1.00. The first-order valence-electron chi connectivity index (χ1n) is 8.65. The average molecular weight is 422 g/mol. The second-order valence-corrected chi connectivity index (χ2v) is 6.23. The lowest BCUT2D eigenvalue weighted by molar-refractivity contribution is -0.137. The van der Waals surface area contributed by atoms with Gasteiger partial charge in [0.15, 0.2) is 12.4 Å². The second kappa shape index (κ2) is 8.36. The highest BCUT2D eigenvalue weighted by Crippen LogP contribution is 2.31. The number of hydrogen-bond donors (Lipinski definition) is 2. The second-order valence-electron chi connectivity index (χ2n) is 6.23. The van der Waals surface area contributed by atoms with E-state index in [9.17, 15) is 22.8 Å². The Bertz CT molecular complexity index is 1090. The maximum Gasteiger partial charge on any atom is 0.416 e. The van der Waals surface area contributed by atoms with Crippen molar-refractivity contribution in [1.29, 1.82) is 0 Å². The predicted octanol–water partition coefficient (Wildman–Crippen LogP) is 3.61. The van der Waals surface area contributed by atoms with Crippen molar-refractivity contribution in [2.24, 2.45) is 0 Å². The van der Waals surface area contributed by atoms with Crippen molar-refractivity contribution in [2.45, 2.75) is 13.1 Å². The molecule has 0 fully saturated rings. The fourth-order valence-electron chi connectivity index (χ4n) is 2.67. The fourth-order valence-corrected chi connectivity index (χ4v) is 2.67. The molecule has 2 amide bonds. The highest BCUT2D eigenvalue weighted by Gasteiger charge is 2.30. The smallest absolute Gasteiger partial charge is 0.416 e. The summed E-state index contributed by atoms with van der Waals surface area (Å²) in [6.07, 6.45) is -4.52. The average Bonchev–Trinajstić information content (AvgIpc) is 3.06. The number of benzene rings is 2. The maximum absolute atomic E-state index is 12.7. The molecule has 0 radical (unpaired) electrons. The molecule has 0 saturated carbocycles. The molecule has 0 aliphatic carbocycles. The summed E-state index contributed by atoms with van der Waals surface area (Å²) in [6.45, 7) is 1.08. The van der Waals surface area contributed by atoms with Crippen LogP contribution in [0, 0.1) is 6.92 Å². The highest BCUT2D eigenvalue weighted by molar-refractivity contribution is 5.99. The zero-order valence-corrected chi connectivity index (χ0v) is 15.9. The molecule has 2 aromatic carbocycles. The number of nitrogens with one attached hydrogen (secondary N) is 2. The molecule has 0 aliphatic heterocycles. The summed E-state index contributed by atoms with van der Waals surface area (Å²) in [4.78, 5) is 24.2. The SMILES string of the molecule is COc1ccc2oc(C(=O)NNC(=O)COc3cccc(C(F)(F)F)c3)c(C)c2c1.